The third-order valence-corrected chi connectivity index (χ3v) is 3.19. The van der Waals surface area contributed by atoms with Gasteiger partial charge in [0.1, 0.15) is 6.10 Å². The standard InChI is InChI=1S/C11H14F2N2O5/c1-4-3-15(10(19)14-8(4)18)9-11(12,13)7(17)6(20-9)5(2)16/h3,5-7,9,16-17H,1-2H3,(H,14,18,19)/t5-,6+,7+,9+/m0/s1. The summed E-state index contributed by atoms with van der Waals surface area (Å²) in [6, 6.07) is 0. The van der Waals surface area contributed by atoms with Crippen LogP contribution in [0.15, 0.2) is 15.8 Å². The Bertz CT molecular complexity index is 624. The Morgan fingerprint density at radius 3 is 2.60 bits per heavy atom. The third kappa shape index (κ3) is 2.17. The quantitative estimate of drug-likeness (QED) is 0.656. The average Bonchev–Trinajstić information content (AvgIpc) is 2.56. The van der Waals surface area contributed by atoms with Gasteiger partial charge < -0.3 is 14.9 Å². The molecule has 20 heavy (non-hydrogen) atoms. The summed E-state index contributed by atoms with van der Waals surface area (Å²) in [5.74, 6) is -3.78. The lowest BCUT2D eigenvalue weighted by Gasteiger charge is -2.21. The van der Waals surface area contributed by atoms with Crippen LogP contribution in [0.25, 0.3) is 0 Å². The van der Waals surface area contributed by atoms with E-state index in [1.165, 1.54) is 13.8 Å². The predicted octanol–water partition coefficient (Wildman–Crippen LogP) is -0.881. The van der Waals surface area contributed by atoms with Crippen molar-refractivity contribution < 1.29 is 23.7 Å². The van der Waals surface area contributed by atoms with Crippen LogP contribution in [-0.4, -0.2) is 44.0 Å². The van der Waals surface area contributed by atoms with Crippen LogP contribution in [0.4, 0.5) is 8.78 Å². The molecule has 1 saturated heterocycles. The largest absolute Gasteiger partial charge is 0.391 e. The van der Waals surface area contributed by atoms with E-state index in [1.54, 1.807) is 0 Å². The first-order chi connectivity index (χ1) is 9.16. The Labute approximate surface area is 111 Å². The van der Waals surface area contributed by atoms with Crippen molar-refractivity contribution in [2.45, 2.75) is 44.3 Å². The molecule has 0 aliphatic carbocycles. The van der Waals surface area contributed by atoms with Gasteiger partial charge in [-0.15, -0.1) is 0 Å². The molecule has 2 rings (SSSR count). The smallest absolute Gasteiger partial charge is 0.330 e. The van der Waals surface area contributed by atoms with Gasteiger partial charge in [0.25, 0.3) is 5.56 Å². The van der Waals surface area contributed by atoms with Gasteiger partial charge >= 0.3 is 11.6 Å². The number of nitrogens with zero attached hydrogens (tertiary/aromatic N) is 1. The van der Waals surface area contributed by atoms with Gasteiger partial charge in [-0.2, -0.15) is 8.78 Å². The van der Waals surface area contributed by atoms with Gasteiger partial charge in [-0.3, -0.25) is 14.3 Å². The highest BCUT2D eigenvalue weighted by Crippen LogP contribution is 2.42. The van der Waals surface area contributed by atoms with E-state index in [4.69, 9.17) is 4.74 Å². The van der Waals surface area contributed by atoms with Crippen LogP contribution in [0.5, 0.6) is 0 Å². The fourth-order valence-electron chi connectivity index (χ4n) is 2.07. The number of ether oxygens (including phenoxy) is 1. The molecule has 2 heterocycles. The average molecular weight is 292 g/mol. The second-order valence-electron chi connectivity index (χ2n) is 4.79. The van der Waals surface area contributed by atoms with Gasteiger partial charge in [0.05, 0.1) is 6.10 Å². The molecule has 3 N–H and O–H groups in total. The molecule has 0 spiro atoms. The molecule has 1 aromatic rings. The molecule has 0 radical (unpaired) electrons. The summed E-state index contributed by atoms with van der Waals surface area (Å²) in [7, 11) is 0. The summed E-state index contributed by atoms with van der Waals surface area (Å²) in [5.41, 5.74) is -1.73. The van der Waals surface area contributed by atoms with E-state index in [2.05, 4.69) is 0 Å². The molecule has 1 aromatic heterocycles. The zero-order chi connectivity index (χ0) is 15.2. The van der Waals surface area contributed by atoms with Crippen LogP contribution in [0.1, 0.15) is 18.7 Å². The number of alkyl halides is 2. The van der Waals surface area contributed by atoms with Gasteiger partial charge in [-0.1, -0.05) is 0 Å². The summed E-state index contributed by atoms with van der Waals surface area (Å²) in [6.45, 7) is 2.53. The van der Waals surface area contributed by atoms with Gasteiger partial charge in [0.2, 0.25) is 6.23 Å². The third-order valence-electron chi connectivity index (χ3n) is 3.19. The number of H-pyrrole nitrogens is 1. The number of hydrogen-bond donors (Lipinski definition) is 3. The SMILES string of the molecule is Cc1cn([C@@H]2O[C@H]([C@H](C)O)[C@@H](O)C2(F)F)c(=O)[nH]c1=O. The van der Waals surface area contributed by atoms with Crippen molar-refractivity contribution in [3.05, 3.63) is 32.6 Å². The number of aliphatic hydroxyl groups is 2. The number of halogens is 2. The summed E-state index contributed by atoms with van der Waals surface area (Å²) in [4.78, 5) is 24.7. The molecule has 0 amide bonds. The molecule has 0 aromatic carbocycles. The maximum absolute atomic E-state index is 14.0. The number of aliphatic hydroxyl groups excluding tert-OH is 2. The van der Waals surface area contributed by atoms with Crippen LogP contribution >= 0.6 is 0 Å². The van der Waals surface area contributed by atoms with Crippen molar-refractivity contribution in [2.75, 3.05) is 0 Å². The summed E-state index contributed by atoms with van der Waals surface area (Å²) >= 11 is 0. The molecule has 1 fully saturated rings. The molecule has 1 aliphatic heterocycles. The minimum Gasteiger partial charge on any atom is -0.391 e. The second-order valence-corrected chi connectivity index (χ2v) is 4.79. The maximum atomic E-state index is 14.0. The minimum atomic E-state index is -3.78. The first kappa shape index (κ1) is 14.8. The van der Waals surface area contributed by atoms with Crippen LogP contribution in [-0.2, 0) is 4.74 Å². The molecule has 0 saturated carbocycles. The number of aromatic amines is 1. The fourth-order valence-corrected chi connectivity index (χ4v) is 2.07. The van der Waals surface area contributed by atoms with Crippen LogP contribution in [0.3, 0.4) is 0 Å². The summed E-state index contributed by atoms with van der Waals surface area (Å²) < 4.78 is 33.4. The normalized spacial score (nSPS) is 30.4. The van der Waals surface area contributed by atoms with Crippen molar-refractivity contribution in [3.8, 4) is 0 Å². The van der Waals surface area contributed by atoms with E-state index in [0.717, 1.165) is 6.20 Å². The van der Waals surface area contributed by atoms with Crippen molar-refractivity contribution >= 4 is 0 Å². The lowest BCUT2D eigenvalue weighted by atomic mass is 10.1. The molecule has 4 atom stereocenters. The van der Waals surface area contributed by atoms with Gasteiger partial charge in [-0.05, 0) is 13.8 Å². The van der Waals surface area contributed by atoms with Crippen LogP contribution in [0.2, 0.25) is 0 Å². The highest BCUT2D eigenvalue weighted by Gasteiger charge is 2.60. The van der Waals surface area contributed by atoms with Crippen LogP contribution < -0.4 is 11.2 Å². The maximum Gasteiger partial charge on any atom is 0.330 e. The van der Waals surface area contributed by atoms with Crippen molar-refractivity contribution in [1.82, 2.24) is 9.55 Å². The van der Waals surface area contributed by atoms with E-state index < -0.39 is 41.7 Å². The zero-order valence-electron chi connectivity index (χ0n) is 10.7. The predicted molar refractivity (Wildman–Crippen MR) is 62.6 cm³/mol. The Morgan fingerprint density at radius 1 is 1.50 bits per heavy atom. The molecular weight excluding hydrogens is 278 g/mol. The van der Waals surface area contributed by atoms with Crippen molar-refractivity contribution in [1.29, 1.82) is 0 Å². The molecule has 0 unspecified atom stereocenters. The molecule has 0 bridgehead atoms. The van der Waals surface area contributed by atoms with Gasteiger partial charge in [0, 0.05) is 11.8 Å². The number of hydrogen-bond acceptors (Lipinski definition) is 5. The zero-order valence-corrected chi connectivity index (χ0v) is 10.7. The van der Waals surface area contributed by atoms with E-state index in [-0.39, 0.29) is 5.56 Å². The minimum absolute atomic E-state index is 0.0407. The topological polar surface area (TPSA) is 105 Å². The number of aromatic nitrogens is 2. The first-order valence-electron chi connectivity index (χ1n) is 5.87. The second kappa shape index (κ2) is 4.76. The summed E-state index contributed by atoms with van der Waals surface area (Å²) in [6.07, 6.45) is -6.31. The monoisotopic (exact) mass is 292 g/mol. The molecular formula is C11H14F2N2O5. The highest BCUT2D eigenvalue weighted by atomic mass is 19.3. The number of rotatable bonds is 2. The van der Waals surface area contributed by atoms with Gasteiger partial charge in [0.15, 0.2) is 6.10 Å². The fraction of sp³-hybridized carbons (Fsp3) is 0.636. The Hall–Kier alpha value is -1.58. The van der Waals surface area contributed by atoms with Crippen LogP contribution in [0, 0.1) is 6.92 Å². The number of aryl methyl sites for hydroxylation is 1. The molecule has 112 valence electrons. The van der Waals surface area contributed by atoms with E-state index in [9.17, 15) is 28.6 Å². The molecule has 9 heteroatoms. The lowest BCUT2D eigenvalue weighted by Crippen LogP contribution is -2.44. The molecule has 1 aliphatic rings. The lowest BCUT2D eigenvalue weighted by molar-refractivity contribution is -0.141. The Kier molecular flexibility index (Phi) is 3.53. The van der Waals surface area contributed by atoms with E-state index in [0.29, 0.717) is 4.57 Å². The summed E-state index contributed by atoms with van der Waals surface area (Å²) in [5, 5.41) is 18.8. The van der Waals surface area contributed by atoms with E-state index >= 15 is 0 Å². The van der Waals surface area contributed by atoms with Crippen molar-refractivity contribution in [3.63, 3.8) is 0 Å². The number of nitrogens with one attached hydrogen (secondary N) is 1. The van der Waals surface area contributed by atoms with Gasteiger partial charge in [-0.25, -0.2) is 4.79 Å². The highest BCUT2D eigenvalue weighted by molar-refractivity contribution is 5.05. The van der Waals surface area contributed by atoms with Crippen molar-refractivity contribution in [2.24, 2.45) is 0 Å². The first-order valence-corrected chi connectivity index (χ1v) is 5.87. The van der Waals surface area contributed by atoms with E-state index in [1.807, 2.05) is 4.98 Å². The Balaban J connectivity index is 2.51. The Morgan fingerprint density at radius 2 is 2.10 bits per heavy atom. The molecule has 7 nitrogen and oxygen atoms in total.